The second kappa shape index (κ2) is 23.0. The van der Waals surface area contributed by atoms with E-state index in [1.807, 2.05) is 60.7 Å². The maximum Gasteiger partial charge on any atom is 0.252 e. The number of hydrogen-bond acceptors (Lipinski definition) is 7. The highest BCUT2D eigenvalue weighted by Gasteiger charge is 2.44. The molecule has 0 bridgehead atoms. The third kappa shape index (κ3) is 10.1. The summed E-state index contributed by atoms with van der Waals surface area (Å²) in [7, 11) is 0. The highest BCUT2D eigenvalue weighted by molar-refractivity contribution is 7.00. The normalized spacial score (nSPS) is 12.6. The molecular formula is C87H67BN8. The van der Waals surface area contributed by atoms with E-state index in [9.17, 15) is 0 Å². The summed E-state index contributed by atoms with van der Waals surface area (Å²) in [6.07, 6.45) is 0. The Bertz CT molecular complexity index is 5350. The first kappa shape index (κ1) is 58.0. The van der Waals surface area contributed by atoms with Crippen molar-refractivity contribution in [1.82, 2.24) is 29.5 Å². The van der Waals surface area contributed by atoms with Crippen LogP contribution >= 0.6 is 0 Å². The summed E-state index contributed by atoms with van der Waals surface area (Å²) in [6.45, 7) is 13.7. The van der Waals surface area contributed by atoms with E-state index in [1.165, 1.54) is 49.7 Å². The molecule has 0 fully saturated rings. The highest BCUT2D eigenvalue weighted by Crippen LogP contribution is 2.49. The second-order valence-corrected chi connectivity index (χ2v) is 27.3. The first-order valence-corrected chi connectivity index (χ1v) is 33.1. The van der Waals surface area contributed by atoms with E-state index in [1.54, 1.807) is 0 Å². The molecule has 12 aromatic carbocycles. The fourth-order valence-corrected chi connectivity index (χ4v) is 14.3. The maximum absolute atomic E-state index is 5.74. The van der Waals surface area contributed by atoms with Gasteiger partial charge in [0.15, 0.2) is 23.3 Å². The zero-order valence-electron chi connectivity index (χ0n) is 54.4. The minimum absolute atomic E-state index is 0.0211. The van der Waals surface area contributed by atoms with Gasteiger partial charge in [-0.2, -0.15) is 0 Å². The number of nitrogens with zero attached hydrogens (tertiary/aromatic N) is 8. The van der Waals surface area contributed by atoms with Crippen molar-refractivity contribution < 1.29 is 0 Å². The van der Waals surface area contributed by atoms with Crippen molar-refractivity contribution >= 4 is 79.0 Å². The first-order chi connectivity index (χ1) is 46.9. The second-order valence-electron chi connectivity index (χ2n) is 27.3. The fourth-order valence-electron chi connectivity index (χ4n) is 14.3. The van der Waals surface area contributed by atoms with E-state index in [4.69, 9.17) is 24.9 Å². The van der Waals surface area contributed by atoms with Crippen molar-refractivity contribution in [3.05, 3.63) is 308 Å². The molecule has 0 saturated carbocycles. The standard InChI is InChI=1S/C87H67BN8/c1-86(2,3)62-45-49-74-67(53-62)68-54-63(87(4,5)6)46-50-75(68)96(74)76-48-44-61(84-92-82(59-28-14-8-15-29-59)91-83(93-84)60-30-16-9-17-31-60)52-69(76)85-89-72(57-26-12-7-13-27-57)55-73(90-85)58-42-40-56(41-43-58)66-47-51-79-80-81(66)95(65-34-20-11-21-35-65)78-39-25-23-37-71(78)88(80)70-36-22-24-38-77(70)94(79)64-32-18-10-19-33-64/h7-55H,1-6H3. The van der Waals surface area contributed by atoms with Gasteiger partial charge in [-0.3, -0.25) is 0 Å². The van der Waals surface area contributed by atoms with Crippen LogP contribution in [-0.2, 0) is 10.8 Å². The van der Waals surface area contributed by atoms with E-state index in [-0.39, 0.29) is 17.5 Å². The summed E-state index contributed by atoms with van der Waals surface area (Å²) in [6, 6.07) is 107. The van der Waals surface area contributed by atoms with Crippen molar-refractivity contribution in [1.29, 1.82) is 0 Å². The molecule has 2 aliphatic rings. The van der Waals surface area contributed by atoms with E-state index < -0.39 is 0 Å². The molecule has 0 atom stereocenters. The van der Waals surface area contributed by atoms with Gasteiger partial charge in [0, 0.05) is 78.2 Å². The Balaban J connectivity index is 0.884. The van der Waals surface area contributed by atoms with Crippen LogP contribution in [0.4, 0.5) is 34.1 Å². The van der Waals surface area contributed by atoms with Gasteiger partial charge in [0.2, 0.25) is 0 Å². The monoisotopic (exact) mass is 1230 g/mol. The van der Waals surface area contributed by atoms with E-state index in [2.05, 4.69) is 292 Å². The molecule has 17 rings (SSSR count). The van der Waals surface area contributed by atoms with Crippen LogP contribution in [0.1, 0.15) is 52.7 Å². The van der Waals surface area contributed by atoms with Gasteiger partial charge in [-0.15, -0.1) is 0 Å². The average molecular weight is 1240 g/mol. The summed E-state index contributed by atoms with van der Waals surface area (Å²) < 4.78 is 2.41. The number of benzene rings is 12. The van der Waals surface area contributed by atoms with E-state index >= 15 is 0 Å². The maximum atomic E-state index is 5.74. The predicted molar refractivity (Wildman–Crippen MR) is 399 cm³/mol. The van der Waals surface area contributed by atoms with Crippen LogP contribution in [0, 0.1) is 0 Å². The third-order valence-corrected chi connectivity index (χ3v) is 19.2. The molecule has 0 unspecified atom stereocenters. The first-order valence-electron chi connectivity index (χ1n) is 33.1. The molecule has 5 heterocycles. The lowest BCUT2D eigenvalue weighted by molar-refractivity contribution is 0.590. The van der Waals surface area contributed by atoms with Crippen molar-refractivity contribution in [3.8, 4) is 84.9 Å². The van der Waals surface area contributed by atoms with Crippen LogP contribution in [0.5, 0.6) is 0 Å². The Labute approximate surface area is 560 Å². The Hall–Kier alpha value is -11.8. The lowest BCUT2D eigenvalue weighted by Gasteiger charge is -2.45. The van der Waals surface area contributed by atoms with E-state index in [0.29, 0.717) is 23.3 Å². The Morgan fingerprint density at radius 1 is 0.292 bits per heavy atom. The molecule has 15 aromatic rings. The fraction of sp³-hybridized carbons (Fsp3) is 0.0920. The molecule has 3 aromatic heterocycles. The molecule has 0 amide bonds. The van der Waals surface area contributed by atoms with Gasteiger partial charge in [0.25, 0.3) is 6.71 Å². The smallest absolute Gasteiger partial charge is 0.252 e. The summed E-state index contributed by atoms with van der Waals surface area (Å²) in [5.74, 6) is 2.27. The van der Waals surface area contributed by atoms with Crippen LogP contribution in [0.25, 0.3) is 107 Å². The Kier molecular flexibility index (Phi) is 13.9. The van der Waals surface area contributed by atoms with Gasteiger partial charge >= 0.3 is 0 Å². The summed E-state index contributed by atoms with van der Waals surface area (Å²) in [5.41, 5.74) is 25.3. The number of anilines is 6. The van der Waals surface area contributed by atoms with Gasteiger partial charge in [0.05, 0.1) is 33.8 Å². The molecular weight excluding hydrogens is 1170 g/mol. The van der Waals surface area contributed by atoms with Crippen molar-refractivity contribution in [2.75, 3.05) is 9.80 Å². The summed E-state index contributed by atoms with van der Waals surface area (Å²) in [4.78, 5) is 32.0. The van der Waals surface area contributed by atoms with Gasteiger partial charge in [-0.25, -0.2) is 24.9 Å². The Morgan fingerprint density at radius 3 is 1.23 bits per heavy atom. The summed E-state index contributed by atoms with van der Waals surface area (Å²) in [5, 5.41) is 2.38. The molecule has 9 heteroatoms. The van der Waals surface area contributed by atoms with Crippen molar-refractivity contribution in [2.45, 2.75) is 52.4 Å². The molecule has 0 aliphatic carbocycles. The molecule has 0 saturated heterocycles. The number of fused-ring (bicyclic) bond motifs is 7. The van der Waals surface area contributed by atoms with Crippen LogP contribution in [-0.4, -0.2) is 36.2 Å². The zero-order valence-corrected chi connectivity index (χ0v) is 54.4. The zero-order chi connectivity index (χ0) is 64.8. The SMILES string of the molecule is CC(C)(C)c1ccc2c(c1)c1cc(C(C)(C)C)ccc1n2-c1ccc(-c2nc(-c3ccccc3)nc(-c3ccccc3)n2)cc1-c1nc(-c2ccccc2)cc(-c2ccc(-c3ccc4c5c3N(c3ccccc3)c3ccccc3B5c3ccccc3N4c3ccccc3)cc2)n1. The number of para-hydroxylation sites is 4. The van der Waals surface area contributed by atoms with Crippen LogP contribution in [0.3, 0.4) is 0 Å². The van der Waals surface area contributed by atoms with Gasteiger partial charge in [0.1, 0.15) is 0 Å². The van der Waals surface area contributed by atoms with Gasteiger partial charge in [-0.05, 0) is 135 Å². The minimum Gasteiger partial charge on any atom is -0.311 e. The number of aromatic nitrogens is 6. The lowest BCUT2D eigenvalue weighted by Crippen LogP contribution is -2.61. The number of hydrogen-bond donors (Lipinski definition) is 0. The Morgan fingerprint density at radius 2 is 0.708 bits per heavy atom. The largest absolute Gasteiger partial charge is 0.311 e. The lowest BCUT2D eigenvalue weighted by atomic mass is 9.33. The molecule has 458 valence electrons. The molecule has 0 N–H and O–H groups in total. The van der Waals surface area contributed by atoms with E-state index in [0.717, 1.165) is 95.4 Å². The average Bonchev–Trinajstić information content (AvgIpc) is 1.80. The quantitative estimate of drug-likeness (QED) is 0.126. The minimum atomic E-state index is -0.0780. The van der Waals surface area contributed by atoms with Gasteiger partial charge in [-0.1, -0.05) is 248 Å². The van der Waals surface area contributed by atoms with Crippen LogP contribution in [0.2, 0.25) is 0 Å². The predicted octanol–water partition coefficient (Wildman–Crippen LogP) is 20.1. The van der Waals surface area contributed by atoms with Crippen molar-refractivity contribution in [3.63, 3.8) is 0 Å². The third-order valence-electron chi connectivity index (χ3n) is 19.2. The summed E-state index contributed by atoms with van der Waals surface area (Å²) >= 11 is 0. The molecule has 0 radical (unpaired) electrons. The van der Waals surface area contributed by atoms with Gasteiger partial charge < -0.3 is 14.4 Å². The molecule has 96 heavy (non-hydrogen) atoms. The molecule has 8 nitrogen and oxygen atoms in total. The molecule has 0 spiro atoms. The van der Waals surface area contributed by atoms with Crippen LogP contribution in [0.15, 0.2) is 297 Å². The highest BCUT2D eigenvalue weighted by atomic mass is 15.2. The number of rotatable bonds is 10. The molecule has 2 aliphatic heterocycles. The van der Waals surface area contributed by atoms with Crippen LogP contribution < -0.4 is 26.2 Å². The van der Waals surface area contributed by atoms with Crippen molar-refractivity contribution in [2.24, 2.45) is 0 Å². The topological polar surface area (TPSA) is 75.9 Å².